The first kappa shape index (κ1) is 8.36. The van der Waals surface area contributed by atoms with Gasteiger partial charge in [-0.05, 0) is 6.92 Å². The molecular formula is C7H9NO2S. The molecule has 1 heterocycles. The maximum atomic E-state index is 10.0. The molecule has 11 heavy (non-hydrogen) atoms. The molecule has 0 saturated heterocycles. The molecule has 0 fully saturated rings. The average Bonchev–Trinajstić information content (AvgIpc) is 2.36. The molecule has 0 aromatic carbocycles. The number of rotatable bonds is 3. The molecule has 1 N–H and O–H groups in total. The highest BCUT2D eigenvalue weighted by Crippen LogP contribution is 2.20. The molecule has 0 saturated carbocycles. The molecule has 0 spiro atoms. The summed E-state index contributed by atoms with van der Waals surface area (Å²) >= 11 is 1.42. The van der Waals surface area contributed by atoms with Crippen LogP contribution in [-0.4, -0.2) is 16.4 Å². The first-order valence-electron chi connectivity index (χ1n) is 3.28. The van der Waals surface area contributed by atoms with Crippen LogP contribution in [0.25, 0.3) is 0 Å². The summed E-state index contributed by atoms with van der Waals surface area (Å²) in [5, 5.41) is 9.87. The number of aliphatic hydroxyl groups excluding tert-OH is 1. The van der Waals surface area contributed by atoms with Crippen LogP contribution in [0.2, 0.25) is 0 Å². The number of aryl methyl sites for hydroxylation is 1. The van der Waals surface area contributed by atoms with Crippen LogP contribution in [0.4, 0.5) is 0 Å². The lowest BCUT2D eigenvalue weighted by Crippen LogP contribution is -1.96. The molecule has 1 aromatic heterocycles. The van der Waals surface area contributed by atoms with E-state index in [9.17, 15) is 9.90 Å². The van der Waals surface area contributed by atoms with Gasteiger partial charge in [-0.25, -0.2) is 4.98 Å². The molecule has 0 radical (unpaired) electrons. The Morgan fingerprint density at radius 1 is 1.91 bits per heavy atom. The maximum absolute atomic E-state index is 10.0. The number of aldehydes is 1. The summed E-state index contributed by atoms with van der Waals surface area (Å²) in [6.07, 6.45) is 1.80. The fourth-order valence-electron chi connectivity index (χ4n) is 0.718. The summed E-state index contributed by atoms with van der Waals surface area (Å²) in [6, 6.07) is 0. The summed E-state index contributed by atoms with van der Waals surface area (Å²) in [5.74, 6) is 0. The lowest BCUT2D eigenvalue weighted by molar-refractivity contribution is -0.109. The number of nitrogens with zero attached hydrogens (tertiary/aromatic N) is 1. The molecule has 0 bridgehead atoms. The minimum absolute atomic E-state index is 0.132. The number of aliphatic hydroxyl groups is 1. The minimum Gasteiger partial charge on any atom is -0.385 e. The van der Waals surface area contributed by atoms with Crippen molar-refractivity contribution in [2.45, 2.75) is 19.4 Å². The van der Waals surface area contributed by atoms with E-state index >= 15 is 0 Å². The number of carbonyl (C=O) groups is 1. The van der Waals surface area contributed by atoms with E-state index in [0.29, 0.717) is 11.3 Å². The molecule has 0 aliphatic heterocycles. The second kappa shape index (κ2) is 3.59. The quantitative estimate of drug-likeness (QED) is 0.692. The maximum Gasteiger partial charge on any atom is 0.123 e. The standard InChI is InChI=1S/C7H9NO2S/c1-5-4-8-7(11-5)6(10)2-3-9/h3-4,6,10H,2H2,1H3. The SMILES string of the molecule is Cc1cnc(C(O)CC=O)s1. The zero-order chi connectivity index (χ0) is 8.27. The molecule has 3 nitrogen and oxygen atoms in total. The number of thiazole rings is 1. The topological polar surface area (TPSA) is 50.2 Å². The largest absolute Gasteiger partial charge is 0.385 e. The van der Waals surface area contributed by atoms with E-state index < -0.39 is 6.10 Å². The highest BCUT2D eigenvalue weighted by molar-refractivity contribution is 7.11. The summed E-state index contributed by atoms with van der Waals surface area (Å²) < 4.78 is 0. The van der Waals surface area contributed by atoms with Crippen molar-refractivity contribution in [2.75, 3.05) is 0 Å². The van der Waals surface area contributed by atoms with Gasteiger partial charge >= 0.3 is 0 Å². The highest BCUT2D eigenvalue weighted by atomic mass is 32.1. The van der Waals surface area contributed by atoms with Gasteiger partial charge in [-0.2, -0.15) is 0 Å². The summed E-state index contributed by atoms with van der Waals surface area (Å²) in [7, 11) is 0. The Labute approximate surface area is 68.7 Å². The third-order valence-electron chi connectivity index (χ3n) is 1.24. The predicted octanol–water partition coefficient (Wildman–Crippen LogP) is 1.07. The van der Waals surface area contributed by atoms with Crippen molar-refractivity contribution in [2.24, 2.45) is 0 Å². The minimum atomic E-state index is -0.716. The lowest BCUT2D eigenvalue weighted by Gasteiger charge is -1.99. The van der Waals surface area contributed by atoms with Crippen molar-refractivity contribution < 1.29 is 9.90 Å². The Balaban J connectivity index is 2.67. The first-order chi connectivity index (χ1) is 5.24. The van der Waals surface area contributed by atoms with Crippen molar-refractivity contribution in [1.29, 1.82) is 0 Å². The Bertz CT molecular complexity index is 246. The van der Waals surface area contributed by atoms with Gasteiger partial charge in [0.15, 0.2) is 0 Å². The fourth-order valence-corrected chi connectivity index (χ4v) is 1.49. The van der Waals surface area contributed by atoms with E-state index in [4.69, 9.17) is 0 Å². The van der Waals surface area contributed by atoms with Crippen LogP contribution in [0.1, 0.15) is 22.4 Å². The van der Waals surface area contributed by atoms with Crippen molar-refractivity contribution >= 4 is 17.6 Å². The van der Waals surface area contributed by atoms with E-state index in [1.807, 2.05) is 6.92 Å². The molecule has 1 unspecified atom stereocenters. The van der Waals surface area contributed by atoms with Gasteiger partial charge in [-0.1, -0.05) is 0 Å². The van der Waals surface area contributed by atoms with Crippen molar-refractivity contribution in [3.05, 3.63) is 16.1 Å². The molecule has 0 amide bonds. The zero-order valence-corrected chi connectivity index (χ0v) is 6.97. The zero-order valence-electron chi connectivity index (χ0n) is 6.15. The second-order valence-corrected chi connectivity index (χ2v) is 3.49. The fraction of sp³-hybridized carbons (Fsp3) is 0.429. The average molecular weight is 171 g/mol. The van der Waals surface area contributed by atoms with Gasteiger partial charge in [-0.3, -0.25) is 0 Å². The third kappa shape index (κ3) is 2.10. The Morgan fingerprint density at radius 3 is 3.09 bits per heavy atom. The van der Waals surface area contributed by atoms with Gasteiger partial charge in [0.1, 0.15) is 17.4 Å². The van der Waals surface area contributed by atoms with Gasteiger partial charge in [0.2, 0.25) is 0 Å². The Kier molecular flexibility index (Phi) is 2.73. The molecule has 1 aromatic rings. The van der Waals surface area contributed by atoms with Crippen LogP contribution in [-0.2, 0) is 4.79 Å². The molecule has 1 rings (SSSR count). The van der Waals surface area contributed by atoms with Crippen molar-refractivity contribution in [3.8, 4) is 0 Å². The number of hydrogen-bond donors (Lipinski definition) is 1. The molecule has 4 heteroatoms. The van der Waals surface area contributed by atoms with Crippen LogP contribution >= 0.6 is 11.3 Å². The number of hydrogen-bond acceptors (Lipinski definition) is 4. The van der Waals surface area contributed by atoms with Crippen LogP contribution in [0, 0.1) is 6.92 Å². The van der Waals surface area contributed by atoms with Crippen LogP contribution in [0.3, 0.4) is 0 Å². The van der Waals surface area contributed by atoms with Gasteiger partial charge in [0.25, 0.3) is 0 Å². The van der Waals surface area contributed by atoms with E-state index in [1.54, 1.807) is 6.20 Å². The Morgan fingerprint density at radius 2 is 2.64 bits per heavy atom. The molecule has 0 aliphatic rings. The summed E-state index contributed by atoms with van der Waals surface area (Å²) in [5.41, 5.74) is 0. The summed E-state index contributed by atoms with van der Waals surface area (Å²) in [6.45, 7) is 1.91. The van der Waals surface area contributed by atoms with Gasteiger partial charge in [0, 0.05) is 17.5 Å². The summed E-state index contributed by atoms with van der Waals surface area (Å²) in [4.78, 5) is 15.0. The van der Waals surface area contributed by atoms with Gasteiger partial charge < -0.3 is 9.90 Å². The van der Waals surface area contributed by atoms with Crippen molar-refractivity contribution in [3.63, 3.8) is 0 Å². The molecular weight excluding hydrogens is 162 g/mol. The molecule has 1 atom stereocenters. The highest BCUT2D eigenvalue weighted by Gasteiger charge is 2.09. The van der Waals surface area contributed by atoms with E-state index in [2.05, 4.69) is 4.98 Å². The molecule has 60 valence electrons. The number of carbonyl (C=O) groups excluding carboxylic acids is 1. The monoisotopic (exact) mass is 171 g/mol. The smallest absolute Gasteiger partial charge is 0.123 e. The van der Waals surface area contributed by atoms with E-state index in [0.717, 1.165) is 4.88 Å². The second-order valence-electron chi connectivity index (χ2n) is 2.23. The normalized spacial score (nSPS) is 12.9. The van der Waals surface area contributed by atoms with Crippen LogP contribution in [0.15, 0.2) is 6.20 Å². The van der Waals surface area contributed by atoms with E-state index in [1.165, 1.54) is 11.3 Å². The van der Waals surface area contributed by atoms with Gasteiger partial charge in [0.05, 0.1) is 0 Å². The van der Waals surface area contributed by atoms with Crippen molar-refractivity contribution in [1.82, 2.24) is 4.98 Å². The third-order valence-corrected chi connectivity index (χ3v) is 2.26. The van der Waals surface area contributed by atoms with Crippen LogP contribution in [0.5, 0.6) is 0 Å². The first-order valence-corrected chi connectivity index (χ1v) is 4.09. The number of aromatic nitrogens is 1. The van der Waals surface area contributed by atoms with E-state index in [-0.39, 0.29) is 6.42 Å². The predicted molar refractivity (Wildman–Crippen MR) is 42.5 cm³/mol. The molecule has 0 aliphatic carbocycles. The Hall–Kier alpha value is -0.740. The van der Waals surface area contributed by atoms with Gasteiger partial charge in [-0.15, -0.1) is 11.3 Å². The van der Waals surface area contributed by atoms with Crippen LogP contribution < -0.4 is 0 Å². The lowest BCUT2D eigenvalue weighted by atomic mass is 10.3.